The Kier molecular flexibility index (Phi) is 5.38. The highest BCUT2D eigenvalue weighted by molar-refractivity contribution is 14.2. The Balaban J connectivity index is 3.51. The minimum Gasteiger partial charge on any atom is -0.346 e. The van der Waals surface area contributed by atoms with Gasteiger partial charge in [-0.15, -0.1) is 0 Å². The largest absolute Gasteiger partial charge is 0.471 e. The van der Waals surface area contributed by atoms with E-state index in [1.807, 2.05) is 0 Å². The van der Waals surface area contributed by atoms with Gasteiger partial charge in [0.1, 0.15) is 0 Å². The molecule has 7 heteroatoms. The smallest absolute Gasteiger partial charge is 0.346 e. The predicted molar refractivity (Wildman–Crippen MR) is 46.2 cm³/mol. The van der Waals surface area contributed by atoms with Crippen LogP contribution in [-0.2, 0) is 7.86 Å². The second kappa shape index (κ2) is 5.46. The van der Waals surface area contributed by atoms with Crippen molar-refractivity contribution in [3.8, 4) is 0 Å². The standard InChI is InChI=1S/C5H7F3INO2/c1-9-12-3-2-10-4(11)5(6,7)8/h1-3H2,(H,10,11). The van der Waals surface area contributed by atoms with Gasteiger partial charge in [-0.05, 0) is 4.51 Å². The molecule has 1 N–H and O–H groups in total. The zero-order valence-corrected chi connectivity index (χ0v) is 8.11. The van der Waals surface area contributed by atoms with Crippen molar-refractivity contribution in [3.05, 3.63) is 0 Å². The maximum atomic E-state index is 11.5. The molecule has 3 nitrogen and oxygen atoms in total. The van der Waals surface area contributed by atoms with E-state index in [1.54, 1.807) is 5.32 Å². The molecule has 0 aromatic carbocycles. The first kappa shape index (κ1) is 11.8. The molecule has 0 aliphatic heterocycles. The van der Waals surface area contributed by atoms with Gasteiger partial charge in [0, 0.05) is 27.7 Å². The number of halogens is 4. The molecule has 0 aromatic rings. The molecule has 0 spiro atoms. The molecule has 0 radical (unpaired) electrons. The zero-order valence-electron chi connectivity index (χ0n) is 5.95. The molecule has 1 amide bonds. The Morgan fingerprint density at radius 2 is 2.17 bits per heavy atom. The van der Waals surface area contributed by atoms with Crippen LogP contribution in [0, 0.1) is 0 Å². The molecule has 0 atom stereocenters. The van der Waals surface area contributed by atoms with Crippen LogP contribution in [0.5, 0.6) is 0 Å². The highest BCUT2D eigenvalue weighted by Crippen LogP contribution is 2.13. The van der Waals surface area contributed by atoms with Crippen LogP contribution in [0.1, 0.15) is 0 Å². The molecular weight excluding hydrogens is 290 g/mol. The van der Waals surface area contributed by atoms with Crippen LogP contribution in [-0.4, -0.2) is 29.7 Å². The van der Waals surface area contributed by atoms with E-state index in [0.717, 1.165) is 0 Å². The van der Waals surface area contributed by atoms with Gasteiger partial charge in [-0.3, -0.25) is 4.79 Å². The number of hydrogen-bond acceptors (Lipinski definition) is 2. The van der Waals surface area contributed by atoms with Gasteiger partial charge >= 0.3 is 12.1 Å². The van der Waals surface area contributed by atoms with Gasteiger partial charge in [0.2, 0.25) is 0 Å². The lowest BCUT2D eigenvalue weighted by Gasteiger charge is -2.06. The molecule has 0 unspecified atom stereocenters. The second-order valence-corrected chi connectivity index (χ2v) is 2.92. The molecule has 0 fully saturated rings. The molecule has 0 saturated heterocycles. The average molecular weight is 297 g/mol. The maximum Gasteiger partial charge on any atom is 0.471 e. The molecule has 0 saturated carbocycles. The summed E-state index contributed by atoms with van der Waals surface area (Å²) in [4.78, 5) is 10.1. The van der Waals surface area contributed by atoms with Crippen molar-refractivity contribution >= 4 is 31.6 Å². The van der Waals surface area contributed by atoms with Crippen molar-refractivity contribution < 1.29 is 21.0 Å². The van der Waals surface area contributed by atoms with Crippen molar-refractivity contribution in [1.29, 1.82) is 0 Å². The van der Waals surface area contributed by atoms with Crippen molar-refractivity contribution in [2.24, 2.45) is 0 Å². The Labute approximate surface area is 77.6 Å². The molecular formula is C5H7F3INO2. The van der Waals surface area contributed by atoms with Gasteiger partial charge in [0.25, 0.3) is 0 Å². The van der Waals surface area contributed by atoms with Gasteiger partial charge in [0.05, 0.1) is 6.61 Å². The van der Waals surface area contributed by atoms with Crippen LogP contribution in [0.4, 0.5) is 13.2 Å². The Bertz CT molecular complexity index is 171. The minimum atomic E-state index is -4.81. The quantitative estimate of drug-likeness (QED) is 0.621. The number of carbonyl (C=O) groups is 1. The average Bonchev–Trinajstić information content (AvgIpc) is 1.96. The number of alkyl halides is 3. The zero-order chi connectivity index (χ0) is 9.61. The molecule has 0 rings (SSSR count). The predicted octanol–water partition coefficient (Wildman–Crippen LogP) is 0.999. The van der Waals surface area contributed by atoms with Crippen molar-refractivity contribution in [2.45, 2.75) is 6.18 Å². The van der Waals surface area contributed by atoms with Crippen LogP contribution in [0.15, 0.2) is 0 Å². The third kappa shape index (κ3) is 5.47. The van der Waals surface area contributed by atoms with Gasteiger partial charge in [0.15, 0.2) is 0 Å². The summed E-state index contributed by atoms with van der Waals surface area (Å²) < 4.78 is 42.6. The van der Waals surface area contributed by atoms with E-state index in [9.17, 15) is 18.0 Å². The Morgan fingerprint density at radius 1 is 1.58 bits per heavy atom. The van der Waals surface area contributed by atoms with Crippen LogP contribution in [0.2, 0.25) is 0 Å². The fourth-order valence-electron chi connectivity index (χ4n) is 0.358. The lowest BCUT2D eigenvalue weighted by Crippen LogP contribution is -2.38. The second-order valence-electron chi connectivity index (χ2n) is 1.68. The highest BCUT2D eigenvalue weighted by Gasteiger charge is 2.38. The summed E-state index contributed by atoms with van der Waals surface area (Å²) in [6, 6.07) is 0. The Hall–Kier alpha value is -0.180. The molecule has 0 heterocycles. The normalized spacial score (nSPS) is 11.2. The summed E-state index contributed by atoms with van der Waals surface area (Å²) in [5, 5.41) is 1.66. The van der Waals surface area contributed by atoms with E-state index in [0.29, 0.717) is 0 Å². The van der Waals surface area contributed by atoms with Crippen molar-refractivity contribution in [2.75, 3.05) is 13.2 Å². The molecule has 0 aliphatic carbocycles. The third-order valence-corrected chi connectivity index (χ3v) is 1.68. The monoisotopic (exact) mass is 297 g/mol. The molecule has 0 bridgehead atoms. The number of amides is 1. The first-order valence-corrected chi connectivity index (χ1v) is 5.24. The number of nitrogens with one attached hydrogen (secondary N) is 1. The van der Waals surface area contributed by atoms with Gasteiger partial charge in [-0.25, -0.2) is 0 Å². The van der Waals surface area contributed by atoms with Crippen LogP contribution in [0.3, 0.4) is 0 Å². The van der Waals surface area contributed by atoms with Gasteiger partial charge < -0.3 is 8.38 Å². The van der Waals surface area contributed by atoms with Gasteiger partial charge in [-0.1, -0.05) is 0 Å². The number of rotatable bonds is 4. The fourth-order valence-corrected chi connectivity index (χ4v) is 0.890. The summed E-state index contributed by atoms with van der Waals surface area (Å²) >= 11 is -0.636. The molecule has 72 valence electrons. The summed E-state index contributed by atoms with van der Waals surface area (Å²) in [5.74, 6) is -1.94. The SMILES string of the molecule is C=IOCCNC(=O)C(F)(F)F. The van der Waals surface area contributed by atoms with E-state index < -0.39 is 33.2 Å². The lowest BCUT2D eigenvalue weighted by molar-refractivity contribution is -0.173. The summed E-state index contributed by atoms with van der Waals surface area (Å²) in [5.41, 5.74) is 0. The van der Waals surface area contributed by atoms with Crippen LogP contribution in [0.25, 0.3) is 0 Å². The first-order chi connectivity index (χ1) is 5.48. The Morgan fingerprint density at radius 3 is 2.58 bits per heavy atom. The van der Waals surface area contributed by atoms with Crippen LogP contribution < -0.4 is 5.32 Å². The molecule has 0 aliphatic rings. The summed E-state index contributed by atoms with van der Waals surface area (Å²) in [6.07, 6.45) is -4.81. The van der Waals surface area contributed by atoms with Crippen LogP contribution >= 0.6 is 21.1 Å². The van der Waals surface area contributed by atoms with E-state index in [-0.39, 0.29) is 13.2 Å². The minimum absolute atomic E-state index is 0.0819. The van der Waals surface area contributed by atoms with E-state index in [2.05, 4.69) is 4.51 Å². The fraction of sp³-hybridized carbons (Fsp3) is 0.600. The lowest BCUT2D eigenvalue weighted by atomic mass is 10.5. The third-order valence-electron chi connectivity index (χ3n) is 0.799. The van der Waals surface area contributed by atoms with Gasteiger partial charge in [-0.2, -0.15) is 13.2 Å². The highest BCUT2D eigenvalue weighted by atomic mass is 127. The molecule has 12 heavy (non-hydrogen) atoms. The summed E-state index contributed by atoms with van der Waals surface area (Å²) in [7, 11) is 0. The van der Waals surface area contributed by atoms with Crippen molar-refractivity contribution in [3.63, 3.8) is 0 Å². The first-order valence-electron chi connectivity index (χ1n) is 2.83. The topological polar surface area (TPSA) is 38.3 Å². The van der Waals surface area contributed by atoms with E-state index in [1.165, 1.54) is 0 Å². The molecule has 0 aromatic heterocycles. The van der Waals surface area contributed by atoms with Crippen molar-refractivity contribution in [1.82, 2.24) is 5.32 Å². The van der Waals surface area contributed by atoms with E-state index in [4.69, 9.17) is 3.07 Å². The summed E-state index contributed by atoms with van der Waals surface area (Å²) in [6.45, 7) is -0.0494. The van der Waals surface area contributed by atoms with E-state index >= 15 is 0 Å². The number of hydrogen-bond donors (Lipinski definition) is 1. The number of carbonyl (C=O) groups excluding carboxylic acids is 1. The maximum absolute atomic E-state index is 11.5.